The van der Waals surface area contributed by atoms with Gasteiger partial charge < -0.3 is 24.6 Å². The van der Waals surface area contributed by atoms with Gasteiger partial charge in [0.2, 0.25) is 5.28 Å². The summed E-state index contributed by atoms with van der Waals surface area (Å²) < 4.78 is 39.7. The normalized spacial score (nSPS) is 18.2. The van der Waals surface area contributed by atoms with Gasteiger partial charge in [0.05, 0.1) is 38.1 Å². The summed E-state index contributed by atoms with van der Waals surface area (Å²) in [5, 5.41) is 3.27. The molecule has 0 unspecified atom stereocenters. The van der Waals surface area contributed by atoms with E-state index in [1.165, 1.54) is 12.1 Å². The number of hydrogen-bond donors (Lipinski definition) is 1. The highest BCUT2D eigenvalue weighted by molar-refractivity contribution is 6.28. The number of amides is 2. The highest BCUT2D eigenvalue weighted by atomic mass is 35.5. The summed E-state index contributed by atoms with van der Waals surface area (Å²) in [4.78, 5) is 24.9. The van der Waals surface area contributed by atoms with Gasteiger partial charge >= 0.3 is 6.03 Å². The number of carbonyl (C=O) groups excluding carboxylic acids is 1. The number of nitrogens with one attached hydrogen (secondary N) is 1. The number of carbonyl (C=O) groups is 1. The van der Waals surface area contributed by atoms with Crippen molar-refractivity contribution in [1.29, 1.82) is 0 Å². The van der Waals surface area contributed by atoms with E-state index in [0.29, 0.717) is 56.5 Å². The third-order valence-electron chi connectivity index (χ3n) is 6.14. The summed E-state index contributed by atoms with van der Waals surface area (Å²) in [5.74, 6) is -2.56. The Balaban J connectivity index is 1.26. The summed E-state index contributed by atoms with van der Waals surface area (Å²) in [5.41, 5.74) is 2.05. The van der Waals surface area contributed by atoms with E-state index in [9.17, 15) is 13.6 Å². The molecular weight excluding hydrogens is 468 g/mol. The minimum Gasteiger partial charge on any atom is -0.378 e. The fraction of sp³-hybridized carbons (Fsp3) is 0.522. The Labute approximate surface area is 201 Å². The van der Waals surface area contributed by atoms with Crippen LogP contribution in [0, 0.1) is 0 Å². The predicted molar refractivity (Wildman–Crippen MR) is 121 cm³/mol. The molecule has 2 amide bonds. The molecule has 11 heteroatoms. The molecule has 182 valence electrons. The van der Waals surface area contributed by atoms with E-state index in [1.807, 2.05) is 0 Å². The molecule has 2 aromatic rings. The molecule has 0 atom stereocenters. The molecule has 1 saturated heterocycles. The Hall–Kier alpha value is -2.56. The van der Waals surface area contributed by atoms with Gasteiger partial charge in [-0.3, -0.25) is 0 Å². The third-order valence-corrected chi connectivity index (χ3v) is 6.31. The second kappa shape index (κ2) is 9.59. The molecule has 0 bridgehead atoms. The van der Waals surface area contributed by atoms with E-state index in [1.54, 1.807) is 21.9 Å². The summed E-state index contributed by atoms with van der Waals surface area (Å²) in [7, 11) is 0. The Morgan fingerprint density at radius 3 is 2.76 bits per heavy atom. The van der Waals surface area contributed by atoms with Crippen molar-refractivity contribution in [2.75, 3.05) is 38.2 Å². The SMILES string of the molecule is O=C(N1CCOCC1)N1Cc2nc(Cl)nc(NCc3cccc(C(F)(F)COC4CC4)c3)c2C1. The van der Waals surface area contributed by atoms with Crippen molar-refractivity contribution in [3.63, 3.8) is 0 Å². The second-order valence-electron chi connectivity index (χ2n) is 8.77. The van der Waals surface area contributed by atoms with Crippen molar-refractivity contribution < 1.29 is 23.0 Å². The Morgan fingerprint density at radius 2 is 2.00 bits per heavy atom. The van der Waals surface area contributed by atoms with Crippen LogP contribution < -0.4 is 5.32 Å². The molecule has 3 aliphatic rings. The van der Waals surface area contributed by atoms with Crippen molar-refractivity contribution in [1.82, 2.24) is 19.8 Å². The Morgan fingerprint density at radius 1 is 1.21 bits per heavy atom. The number of morpholine rings is 1. The Kier molecular flexibility index (Phi) is 6.54. The first-order valence-electron chi connectivity index (χ1n) is 11.4. The quantitative estimate of drug-likeness (QED) is 0.591. The van der Waals surface area contributed by atoms with Crippen LogP contribution in [0.3, 0.4) is 0 Å². The molecule has 2 fully saturated rings. The lowest BCUT2D eigenvalue weighted by molar-refractivity contribution is -0.0873. The number of alkyl halides is 2. The average molecular weight is 494 g/mol. The van der Waals surface area contributed by atoms with E-state index in [4.69, 9.17) is 21.1 Å². The van der Waals surface area contributed by atoms with E-state index < -0.39 is 12.5 Å². The van der Waals surface area contributed by atoms with Crippen LogP contribution >= 0.6 is 11.6 Å². The molecule has 34 heavy (non-hydrogen) atoms. The van der Waals surface area contributed by atoms with Crippen LogP contribution in [0.25, 0.3) is 0 Å². The van der Waals surface area contributed by atoms with Crippen LogP contribution in [-0.4, -0.2) is 64.8 Å². The van der Waals surface area contributed by atoms with Crippen LogP contribution in [0.4, 0.5) is 19.4 Å². The molecule has 1 aliphatic carbocycles. The number of urea groups is 1. The highest BCUT2D eigenvalue weighted by Crippen LogP contribution is 2.33. The lowest BCUT2D eigenvalue weighted by atomic mass is 10.1. The van der Waals surface area contributed by atoms with Crippen molar-refractivity contribution >= 4 is 23.4 Å². The van der Waals surface area contributed by atoms with E-state index in [0.717, 1.165) is 18.4 Å². The fourth-order valence-corrected chi connectivity index (χ4v) is 4.28. The van der Waals surface area contributed by atoms with Gasteiger partial charge in [0, 0.05) is 30.8 Å². The third kappa shape index (κ3) is 5.24. The summed E-state index contributed by atoms with van der Waals surface area (Å²) in [6.07, 6.45) is 1.66. The van der Waals surface area contributed by atoms with E-state index >= 15 is 0 Å². The minimum absolute atomic E-state index is 0.0324. The van der Waals surface area contributed by atoms with Crippen LogP contribution in [-0.2, 0) is 35.0 Å². The van der Waals surface area contributed by atoms with Crippen molar-refractivity contribution in [2.45, 2.75) is 44.5 Å². The zero-order valence-electron chi connectivity index (χ0n) is 18.6. The number of aromatic nitrogens is 2. The average Bonchev–Trinajstić information content (AvgIpc) is 3.58. The predicted octanol–water partition coefficient (Wildman–Crippen LogP) is 3.78. The van der Waals surface area contributed by atoms with E-state index in [-0.39, 0.29) is 29.5 Å². The first kappa shape index (κ1) is 23.2. The number of benzene rings is 1. The van der Waals surface area contributed by atoms with Crippen molar-refractivity contribution in [2.24, 2.45) is 0 Å². The fourth-order valence-electron chi connectivity index (χ4n) is 4.10. The lowest BCUT2D eigenvalue weighted by Gasteiger charge is -2.30. The van der Waals surface area contributed by atoms with Crippen molar-refractivity contribution in [3.05, 3.63) is 51.9 Å². The topological polar surface area (TPSA) is 79.8 Å². The molecule has 8 nitrogen and oxygen atoms in total. The van der Waals surface area contributed by atoms with Crippen LogP contribution in [0.1, 0.15) is 35.2 Å². The molecule has 1 N–H and O–H groups in total. The van der Waals surface area contributed by atoms with Crippen LogP contribution in [0.2, 0.25) is 5.28 Å². The van der Waals surface area contributed by atoms with Gasteiger partial charge in [-0.1, -0.05) is 18.2 Å². The minimum atomic E-state index is -3.06. The molecule has 0 radical (unpaired) electrons. The number of anilines is 1. The van der Waals surface area contributed by atoms with Gasteiger partial charge in [0.25, 0.3) is 5.92 Å². The summed E-state index contributed by atoms with van der Waals surface area (Å²) in [6.45, 7) is 2.49. The van der Waals surface area contributed by atoms with E-state index in [2.05, 4.69) is 15.3 Å². The number of ether oxygens (including phenoxy) is 2. The zero-order chi connectivity index (χ0) is 23.7. The maximum absolute atomic E-state index is 14.6. The van der Waals surface area contributed by atoms with Gasteiger partial charge in [-0.05, 0) is 36.1 Å². The van der Waals surface area contributed by atoms with Gasteiger partial charge in [-0.2, -0.15) is 8.78 Å². The van der Waals surface area contributed by atoms with Gasteiger partial charge in [0.15, 0.2) is 0 Å². The standard InChI is InChI=1S/C23H26ClF2N5O3/c24-21-28-19-13-31(22(32)30-6-8-33-9-7-30)12-18(19)20(29-21)27-11-15-2-1-3-16(10-15)23(25,26)14-34-17-4-5-17/h1-3,10,17H,4-9,11-14H2,(H,27,28,29). The highest BCUT2D eigenvalue weighted by Gasteiger charge is 2.35. The van der Waals surface area contributed by atoms with Crippen molar-refractivity contribution in [3.8, 4) is 0 Å². The number of nitrogens with zero attached hydrogens (tertiary/aromatic N) is 4. The molecule has 2 aliphatic heterocycles. The molecule has 1 aromatic heterocycles. The largest absolute Gasteiger partial charge is 0.378 e. The molecule has 3 heterocycles. The smallest absolute Gasteiger partial charge is 0.320 e. The first-order valence-corrected chi connectivity index (χ1v) is 11.8. The van der Waals surface area contributed by atoms with Crippen LogP contribution in [0.15, 0.2) is 24.3 Å². The second-order valence-corrected chi connectivity index (χ2v) is 9.11. The van der Waals surface area contributed by atoms with Crippen LogP contribution in [0.5, 0.6) is 0 Å². The molecular formula is C23H26ClF2N5O3. The monoisotopic (exact) mass is 493 g/mol. The summed E-state index contributed by atoms with van der Waals surface area (Å²) in [6, 6.07) is 6.18. The number of fused-ring (bicyclic) bond motifs is 1. The van der Waals surface area contributed by atoms with Gasteiger partial charge in [-0.25, -0.2) is 14.8 Å². The molecule has 1 aromatic carbocycles. The first-order chi connectivity index (χ1) is 16.4. The lowest BCUT2D eigenvalue weighted by Crippen LogP contribution is -2.46. The molecule has 5 rings (SSSR count). The number of halogens is 3. The van der Waals surface area contributed by atoms with Gasteiger partial charge in [-0.15, -0.1) is 0 Å². The maximum atomic E-state index is 14.6. The maximum Gasteiger partial charge on any atom is 0.320 e. The number of rotatable bonds is 7. The number of hydrogen-bond acceptors (Lipinski definition) is 6. The zero-order valence-corrected chi connectivity index (χ0v) is 19.4. The van der Waals surface area contributed by atoms with Gasteiger partial charge in [0.1, 0.15) is 12.4 Å². The molecule has 0 spiro atoms. The molecule has 1 saturated carbocycles. The Bertz CT molecular complexity index is 1060. The summed E-state index contributed by atoms with van der Waals surface area (Å²) >= 11 is 6.13.